The fraction of sp³-hybridized carbons (Fsp3) is 0.593. The molecule has 0 spiro atoms. The molecule has 3 saturated heterocycles. The number of sulfonamides is 1. The molecule has 3 aliphatic rings. The standard InChI is InChI=1S/C27H40N8O3S/c1-32-17-19-33(20-18-32)24-10-13-34(14-11-24)27-28-12-7-25(31-27)29-22-5-3-21(4-6-22)26(36)30-23-8-15-35(16-9-23)39(2,37)38/h3-7,12,23-24H,8-11,13-20H2,1-2H3,(H,30,36)(H,28,29,31). The Bertz CT molecular complexity index is 1220. The number of rotatable bonds is 7. The van der Waals surface area contributed by atoms with Crippen LogP contribution in [0, 0.1) is 0 Å². The highest BCUT2D eigenvalue weighted by Gasteiger charge is 2.28. The average Bonchev–Trinajstić information content (AvgIpc) is 2.94. The van der Waals surface area contributed by atoms with Crippen LogP contribution in [0.1, 0.15) is 36.0 Å². The first-order valence-corrected chi connectivity index (χ1v) is 15.7. The number of carbonyl (C=O) groups excluding carboxylic acids is 1. The molecular formula is C27H40N8O3S. The van der Waals surface area contributed by atoms with E-state index in [2.05, 4.69) is 37.4 Å². The molecule has 1 amide bonds. The molecule has 0 atom stereocenters. The van der Waals surface area contributed by atoms with Crippen LogP contribution in [0.2, 0.25) is 0 Å². The Labute approximate surface area is 231 Å². The molecule has 12 heteroatoms. The van der Waals surface area contributed by atoms with E-state index in [0.717, 1.165) is 69.6 Å². The Morgan fingerprint density at radius 1 is 0.897 bits per heavy atom. The lowest BCUT2D eigenvalue weighted by molar-refractivity contribution is 0.0924. The van der Waals surface area contributed by atoms with Gasteiger partial charge in [0.05, 0.1) is 6.26 Å². The van der Waals surface area contributed by atoms with Gasteiger partial charge in [-0.1, -0.05) is 0 Å². The molecule has 0 unspecified atom stereocenters. The highest BCUT2D eigenvalue weighted by molar-refractivity contribution is 7.88. The van der Waals surface area contributed by atoms with Crippen molar-refractivity contribution in [3.8, 4) is 0 Å². The van der Waals surface area contributed by atoms with E-state index in [1.807, 2.05) is 18.2 Å². The molecule has 3 fully saturated rings. The summed E-state index contributed by atoms with van der Waals surface area (Å²) in [5.74, 6) is 1.31. The van der Waals surface area contributed by atoms with E-state index < -0.39 is 10.0 Å². The van der Waals surface area contributed by atoms with Crippen molar-refractivity contribution in [3.05, 3.63) is 42.1 Å². The summed E-state index contributed by atoms with van der Waals surface area (Å²) < 4.78 is 24.8. The van der Waals surface area contributed by atoms with Gasteiger partial charge in [-0.25, -0.2) is 17.7 Å². The van der Waals surface area contributed by atoms with Crippen molar-refractivity contribution in [2.45, 2.75) is 37.8 Å². The molecule has 212 valence electrons. The molecule has 0 bridgehead atoms. The van der Waals surface area contributed by atoms with Gasteiger partial charge in [0.2, 0.25) is 16.0 Å². The van der Waals surface area contributed by atoms with Crippen molar-refractivity contribution in [3.63, 3.8) is 0 Å². The fourth-order valence-corrected chi connectivity index (χ4v) is 6.52. The predicted molar refractivity (Wildman–Crippen MR) is 153 cm³/mol. The molecule has 3 aliphatic heterocycles. The number of hydrogen-bond donors (Lipinski definition) is 2. The molecular weight excluding hydrogens is 516 g/mol. The molecule has 0 saturated carbocycles. The second kappa shape index (κ2) is 12.2. The predicted octanol–water partition coefficient (Wildman–Crippen LogP) is 1.59. The van der Waals surface area contributed by atoms with Crippen LogP contribution < -0.4 is 15.5 Å². The maximum atomic E-state index is 12.7. The number of hydrogen-bond acceptors (Lipinski definition) is 9. The lowest BCUT2D eigenvalue weighted by Gasteiger charge is -2.42. The number of aromatic nitrogens is 2. The van der Waals surface area contributed by atoms with Gasteiger partial charge in [-0.3, -0.25) is 9.69 Å². The topological polar surface area (TPSA) is 114 Å². The van der Waals surface area contributed by atoms with Crippen LogP contribution in [0.3, 0.4) is 0 Å². The fourth-order valence-electron chi connectivity index (χ4n) is 5.64. The number of amides is 1. The van der Waals surface area contributed by atoms with Crippen LogP contribution in [-0.2, 0) is 10.0 Å². The molecule has 2 aromatic rings. The van der Waals surface area contributed by atoms with Gasteiger partial charge in [-0.05, 0) is 63.1 Å². The van der Waals surface area contributed by atoms with E-state index in [9.17, 15) is 13.2 Å². The van der Waals surface area contributed by atoms with Gasteiger partial charge in [0.15, 0.2) is 0 Å². The van der Waals surface area contributed by atoms with E-state index in [1.165, 1.54) is 10.6 Å². The van der Waals surface area contributed by atoms with Crippen LogP contribution in [0.5, 0.6) is 0 Å². The maximum absolute atomic E-state index is 12.7. The second-order valence-electron chi connectivity index (χ2n) is 10.9. The van der Waals surface area contributed by atoms with Crippen molar-refractivity contribution in [1.29, 1.82) is 0 Å². The Kier molecular flexibility index (Phi) is 8.65. The number of carbonyl (C=O) groups is 1. The summed E-state index contributed by atoms with van der Waals surface area (Å²) in [5.41, 5.74) is 1.41. The second-order valence-corrected chi connectivity index (χ2v) is 12.9. The summed E-state index contributed by atoms with van der Waals surface area (Å²) >= 11 is 0. The summed E-state index contributed by atoms with van der Waals surface area (Å²) in [6.45, 7) is 7.38. The minimum atomic E-state index is -3.18. The smallest absolute Gasteiger partial charge is 0.251 e. The number of likely N-dealkylation sites (N-methyl/N-ethyl adjacent to an activating group) is 1. The minimum Gasteiger partial charge on any atom is -0.349 e. The van der Waals surface area contributed by atoms with Crippen LogP contribution in [0.4, 0.5) is 17.5 Å². The van der Waals surface area contributed by atoms with Crippen LogP contribution in [-0.4, -0.2) is 116 Å². The SMILES string of the molecule is CN1CCN(C2CCN(c3nccc(Nc4ccc(C(=O)NC5CCN(S(C)(=O)=O)CC5)cc4)n3)CC2)CC1. The maximum Gasteiger partial charge on any atom is 0.251 e. The van der Waals surface area contributed by atoms with Gasteiger partial charge in [0.25, 0.3) is 5.91 Å². The van der Waals surface area contributed by atoms with Crippen molar-refractivity contribution in [2.75, 3.05) is 75.9 Å². The van der Waals surface area contributed by atoms with Crippen LogP contribution in [0.15, 0.2) is 36.5 Å². The Hall–Kier alpha value is -2.80. The molecule has 0 radical (unpaired) electrons. The van der Waals surface area contributed by atoms with Crippen LogP contribution in [0.25, 0.3) is 0 Å². The third kappa shape index (κ3) is 7.24. The van der Waals surface area contributed by atoms with E-state index >= 15 is 0 Å². The van der Waals surface area contributed by atoms with Gasteiger partial charge in [0.1, 0.15) is 5.82 Å². The summed E-state index contributed by atoms with van der Waals surface area (Å²) in [6.07, 6.45) is 6.50. The zero-order valence-corrected chi connectivity index (χ0v) is 23.7. The lowest BCUT2D eigenvalue weighted by Crippen LogP contribution is -2.52. The molecule has 2 N–H and O–H groups in total. The summed E-state index contributed by atoms with van der Waals surface area (Å²) in [7, 11) is -0.984. The zero-order chi connectivity index (χ0) is 27.4. The Morgan fingerprint density at radius 2 is 1.56 bits per heavy atom. The first-order valence-electron chi connectivity index (χ1n) is 13.9. The van der Waals surface area contributed by atoms with E-state index in [4.69, 9.17) is 4.98 Å². The molecule has 4 heterocycles. The molecule has 0 aliphatic carbocycles. The third-order valence-corrected chi connectivity index (χ3v) is 9.43. The van der Waals surface area contributed by atoms with Crippen molar-refractivity contribution >= 4 is 33.4 Å². The van der Waals surface area contributed by atoms with Gasteiger partial charge in [0, 0.05) is 81.9 Å². The van der Waals surface area contributed by atoms with Gasteiger partial charge in [-0.15, -0.1) is 0 Å². The van der Waals surface area contributed by atoms with E-state index in [-0.39, 0.29) is 11.9 Å². The van der Waals surface area contributed by atoms with Crippen LogP contribution >= 0.6 is 0 Å². The van der Waals surface area contributed by atoms with Gasteiger partial charge < -0.3 is 20.4 Å². The zero-order valence-electron chi connectivity index (χ0n) is 22.9. The summed E-state index contributed by atoms with van der Waals surface area (Å²) in [6, 6.07) is 9.77. The highest BCUT2D eigenvalue weighted by atomic mass is 32.2. The lowest BCUT2D eigenvalue weighted by atomic mass is 10.0. The molecule has 11 nitrogen and oxygen atoms in total. The summed E-state index contributed by atoms with van der Waals surface area (Å²) in [5, 5.41) is 6.36. The normalized spacial score (nSPS) is 21.1. The molecule has 5 rings (SSSR count). The largest absolute Gasteiger partial charge is 0.349 e. The number of nitrogens with zero attached hydrogens (tertiary/aromatic N) is 6. The quantitative estimate of drug-likeness (QED) is 0.525. The minimum absolute atomic E-state index is 0.0284. The molecule has 1 aromatic heterocycles. The average molecular weight is 557 g/mol. The highest BCUT2D eigenvalue weighted by Crippen LogP contribution is 2.23. The number of nitrogens with one attached hydrogen (secondary N) is 2. The number of piperazine rings is 1. The van der Waals surface area contributed by atoms with Gasteiger partial charge in [-0.2, -0.15) is 4.98 Å². The first-order chi connectivity index (χ1) is 18.7. The monoisotopic (exact) mass is 556 g/mol. The third-order valence-electron chi connectivity index (χ3n) is 8.12. The van der Waals surface area contributed by atoms with Gasteiger partial charge >= 0.3 is 0 Å². The number of piperidine rings is 2. The molecule has 39 heavy (non-hydrogen) atoms. The summed E-state index contributed by atoms with van der Waals surface area (Å²) in [4.78, 5) is 29.3. The number of anilines is 3. The van der Waals surface area contributed by atoms with Crippen molar-refractivity contribution in [1.82, 2.24) is 29.4 Å². The first kappa shape index (κ1) is 27.8. The Balaban J connectivity index is 1.11. The van der Waals surface area contributed by atoms with Crippen molar-refractivity contribution < 1.29 is 13.2 Å². The van der Waals surface area contributed by atoms with E-state index in [0.29, 0.717) is 37.5 Å². The van der Waals surface area contributed by atoms with E-state index in [1.54, 1.807) is 18.3 Å². The van der Waals surface area contributed by atoms with Crippen molar-refractivity contribution in [2.24, 2.45) is 0 Å². The Morgan fingerprint density at radius 3 is 2.21 bits per heavy atom. The number of benzene rings is 1. The molecule has 1 aromatic carbocycles.